The number of benzene rings is 2. The van der Waals surface area contributed by atoms with E-state index in [2.05, 4.69) is 0 Å². The number of non-ortho nitro benzene ring substituents is 1. The van der Waals surface area contributed by atoms with Gasteiger partial charge in [-0.1, -0.05) is 30.3 Å². The summed E-state index contributed by atoms with van der Waals surface area (Å²) in [4.78, 5) is 22.4. The monoisotopic (exact) mass is 310 g/mol. The maximum atomic E-state index is 12.3. The van der Waals surface area contributed by atoms with E-state index in [1.165, 1.54) is 24.3 Å². The molecule has 1 atom stereocenters. The molecule has 0 amide bonds. The molecule has 2 rings (SSSR count). The zero-order chi connectivity index (χ0) is 16.9. The summed E-state index contributed by atoms with van der Waals surface area (Å²) in [6, 6.07) is 16.1. The molecule has 0 aliphatic carbocycles. The molecule has 2 aromatic rings. The highest BCUT2D eigenvalue weighted by Crippen LogP contribution is 2.30. The minimum Gasteiger partial charge on any atom is -0.450 e. The van der Waals surface area contributed by atoms with E-state index in [1.54, 1.807) is 31.2 Å². The third-order valence-electron chi connectivity index (χ3n) is 3.43. The van der Waals surface area contributed by atoms with Crippen LogP contribution in [0.1, 0.15) is 29.3 Å². The Bertz CT molecular complexity index is 750. The molecule has 2 aromatic carbocycles. The van der Waals surface area contributed by atoms with Crippen LogP contribution in [0.25, 0.3) is 0 Å². The van der Waals surface area contributed by atoms with Crippen LogP contribution in [-0.4, -0.2) is 10.9 Å². The second kappa shape index (κ2) is 6.71. The molecule has 0 unspecified atom stereocenters. The summed E-state index contributed by atoms with van der Waals surface area (Å²) in [6.07, 6.45) is -0.00423. The number of rotatable bonds is 5. The lowest BCUT2D eigenvalue weighted by Crippen LogP contribution is -2.29. The summed E-state index contributed by atoms with van der Waals surface area (Å²) < 4.78 is 5.52. The second-order valence-corrected chi connectivity index (χ2v) is 5.13. The lowest BCUT2D eigenvalue weighted by atomic mass is 9.92. The smallest absolute Gasteiger partial charge is 0.339 e. The van der Waals surface area contributed by atoms with Gasteiger partial charge in [-0.3, -0.25) is 10.1 Å². The van der Waals surface area contributed by atoms with E-state index in [0.717, 1.165) is 0 Å². The number of hydrogen-bond donors (Lipinski definition) is 0. The van der Waals surface area contributed by atoms with Crippen LogP contribution >= 0.6 is 0 Å². The largest absolute Gasteiger partial charge is 0.450 e. The number of nitro groups is 1. The zero-order valence-corrected chi connectivity index (χ0v) is 12.4. The van der Waals surface area contributed by atoms with Crippen molar-refractivity contribution in [1.29, 1.82) is 5.26 Å². The molecule has 6 nitrogen and oxygen atoms in total. The van der Waals surface area contributed by atoms with Gasteiger partial charge in [0.2, 0.25) is 0 Å². The van der Waals surface area contributed by atoms with E-state index in [0.29, 0.717) is 5.56 Å². The molecular formula is C17H14N2O4. The summed E-state index contributed by atoms with van der Waals surface area (Å²) in [5.74, 6) is -0.637. The molecule has 0 heterocycles. The maximum Gasteiger partial charge on any atom is 0.339 e. The normalized spacial score (nSPS) is 12.7. The Morgan fingerprint density at radius 2 is 1.83 bits per heavy atom. The molecule has 0 fully saturated rings. The van der Waals surface area contributed by atoms with Crippen LogP contribution in [0.5, 0.6) is 0 Å². The standard InChI is InChI=1S/C17H14N2O4/c1-17(11-12-18,14-5-3-2-4-6-14)23-16(20)13-7-9-15(10-8-13)19(21)22/h2-10H,11H2,1H3/t17-/m1/s1. The van der Waals surface area contributed by atoms with E-state index >= 15 is 0 Å². The van der Waals surface area contributed by atoms with Gasteiger partial charge in [-0.25, -0.2) is 4.79 Å². The first-order chi connectivity index (χ1) is 11.0. The zero-order valence-electron chi connectivity index (χ0n) is 12.4. The Morgan fingerprint density at radius 3 is 2.35 bits per heavy atom. The number of esters is 1. The van der Waals surface area contributed by atoms with E-state index in [1.807, 2.05) is 12.1 Å². The first-order valence-electron chi connectivity index (χ1n) is 6.86. The van der Waals surface area contributed by atoms with Crippen molar-refractivity contribution in [3.63, 3.8) is 0 Å². The molecule has 0 saturated heterocycles. The number of nitrogens with zero attached hydrogens (tertiary/aromatic N) is 2. The van der Waals surface area contributed by atoms with Gasteiger partial charge in [0.1, 0.15) is 5.60 Å². The van der Waals surface area contributed by atoms with E-state index in [9.17, 15) is 14.9 Å². The lowest BCUT2D eigenvalue weighted by molar-refractivity contribution is -0.384. The van der Waals surface area contributed by atoms with Crippen LogP contribution in [0.3, 0.4) is 0 Å². The van der Waals surface area contributed by atoms with Crippen molar-refractivity contribution in [2.75, 3.05) is 0 Å². The van der Waals surface area contributed by atoms with Crippen molar-refractivity contribution in [1.82, 2.24) is 0 Å². The molecule has 0 spiro atoms. The quantitative estimate of drug-likeness (QED) is 0.478. The SMILES string of the molecule is C[C@](CC#N)(OC(=O)c1ccc([N+](=O)[O-])cc1)c1ccccc1. The molecule has 0 aliphatic rings. The van der Waals surface area contributed by atoms with Gasteiger partial charge in [0.15, 0.2) is 0 Å². The predicted octanol–water partition coefficient (Wildman–Crippen LogP) is 3.58. The lowest BCUT2D eigenvalue weighted by Gasteiger charge is -2.27. The summed E-state index contributed by atoms with van der Waals surface area (Å²) in [7, 11) is 0. The van der Waals surface area contributed by atoms with Gasteiger partial charge >= 0.3 is 5.97 Å². The van der Waals surface area contributed by atoms with Gasteiger partial charge < -0.3 is 4.74 Å². The highest BCUT2D eigenvalue weighted by molar-refractivity contribution is 5.90. The Kier molecular flexibility index (Phi) is 4.72. The van der Waals surface area contributed by atoms with E-state index < -0.39 is 16.5 Å². The molecule has 0 N–H and O–H groups in total. The van der Waals surface area contributed by atoms with E-state index in [4.69, 9.17) is 10.00 Å². The molecule has 0 bridgehead atoms. The summed E-state index contributed by atoms with van der Waals surface area (Å²) in [5.41, 5.74) is -0.300. The number of ether oxygens (including phenoxy) is 1. The van der Waals surface area contributed by atoms with E-state index in [-0.39, 0.29) is 17.7 Å². The number of nitriles is 1. The van der Waals surface area contributed by atoms with Gasteiger partial charge in [-0.2, -0.15) is 5.26 Å². The average Bonchev–Trinajstić information content (AvgIpc) is 2.56. The number of carbonyl (C=O) groups is 1. The first-order valence-corrected chi connectivity index (χ1v) is 6.86. The molecule has 0 radical (unpaired) electrons. The number of nitro benzene ring substituents is 1. The summed E-state index contributed by atoms with van der Waals surface area (Å²) in [6.45, 7) is 1.66. The fourth-order valence-corrected chi connectivity index (χ4v) is 2.12. The van der Waals surface area contributed by atoms with Crippen LogP contribution in [0.2, 0.25) is 0 Å². The van der Waals surface area contributed by atoms with Crippen LogP contribution in [0.15, 0.2) is 54.6 Å². The molecule has 0 saturated carbocycles. The molecule has 116 valence electrons. The van der Waals surface area contributed by atoms with Gasteiger partial charge in [-0.15, -0.1) is 0 Å². The van der Waals surface area contributed by atoms with Crippen molar-refractivity contribution < 1.29 is 14.5 Å². The third kappa shape index (κ3) is 3.71. The summed E-state index contributed by atoms with van der Waals surface area (Å²) in [5, 5.41) is 19.7. The first kappa shape index (κ1) is 16.2. The Labute approximate surface area is 133 Å². The minimum atomic E-state index is -1.09. The second-order valence-electron chi connectivity index (χ2n) is 5.13. The van der Waals surface area contributed by atoms with Gasteiger partial charge in [0.25, 0.3) is 5.69 Å². The maximum absolute atomic E-state index is 12.3. The van der Waals surface area contributed by atoms with Crippen LogP contribution in [0.4, 0.5) is 5.69 Å². The van der Waals surface area contributed by atoms with Crippen molar-refractivity contribution in [3.05, 3.63) is 75.8 Å². The minimum absolute atomic E-state index is 0.00423. The predicted molar refractivity (Wildman–Crippen MR) is 82.5 cm³/mol. The topological polar surface area (TPSA) is 93.2 Å². The van der Waals surface area contributed by atoms with Gasteiger partial charge in [0.05, 0.1) is 23.0 Å². The summed E-state index contributed by atoms with van der Waals surface area (Å²) >= 11 is 0. The highest BCUT2D eigenvalue weighted by atomic mass is 16.6. The Hall–Kier alpha value is -3.20. The molecular weight excluding hydrogens is 296 g/mol. The number of carbonyl (C=O) groups excluding carboxylic acids is 1. The Balaban J connectivity index is 2.25. The van der Waals surface area contributed by atoms with Crippen LogP contribution in [0, 0.1) is 21.4 Å². The fourth-order valence-electron chi connectivity index (χ4n) is 2.12. The van der Waals surface area contributed by atoms with Crippen molar-refractivity contribution in [2.24, 2.45) is 0 Å². The average molecular weight is 310 g/mol. The molecule has 23 heavy (non-hydrogen) atoms. The van der Waals surface area contributed by atoms with Crippen LogP contribution < -0.4 is 0 Å². The van der Waals surface area contributed by atoms with Crippen molar-refractivity contribution >= 4 is 11.7 Å². The Morgan fingerprint density at radius 1 is 1.22 bits per heavy atom. The molecule has 6 heteroatoms. The van der Waals surface area contributed by atoms with Crippen molar-refractivity contribution in [2.45, 2.75) is 18.9 Å². The highest BCUT2D eigenvalue weighted by Gasteiger charge is 2.31. The van der Waals surface area contributed by atoms with Gasteiger partial charge in [0, 0.05) is 12.1 Å². The van der Waals surface area contributed by atoms with Crippen molar-refractivity contribution in [3.8, 4) is 6.07 Å². The number of hydrogen-bond acceptors (Lipinski definition) is 5. The fraction of sp³-hybridized carbons (Fsp3) is 0.176. The van der Waals surface area contributed by atoms with Crippen LogP contribution in [-0.2, 0) is 10.3 Å². The molecule has 0 aromatic heterocycles. The third-order valence-corrected chi connectivity index (χ3v) is 3.43. The molecule has 0 aliphatic heterocycles. The van der Waals surface area contributed by atoms with Gasteiger partial charge in [-0.05, 0) is 24.6 Å².